The zero-order chi connectivity index (χ0) is 20.2. The number of halogens is 1. The fourth-order valence-electron chi connectivity index (χ4n) is 3.43. The zero-order valence-electron chi connectivity index (χ0n) is 16.3. The molecule has 1 saturated heterocycles. The molecular weight excluding hydrogens is 408 g/mol. The molecule has 0 bridgehead atoms. The van der Waals surface area contributed by atoms with Crippen LogP contribution in [-0.2, 0) is 17.6 Å². The lowest BCUT2D eigenvalue weighted by Crippen LogP contribution is -2.46. The maximum atomic E-state index is 13.0. The number of carbonyl (C=O) groups excluding carboxylic acids is 2. The molecule has 1 aromatic carbocycles. The van der Waals surface area contributed by atoms with E-state index in [0.29, 0.717) is 30.7 Å². The summed E-state index contributed by atoms with van der Waals surface area (Å²) in [5.74, 6) is 0.734. The van der Waals surface area contributed by atoms with Gasteiger partial charge in [0, 0.05) is 36.6 Å². The Bertz CT molecular complexity index is 866. The van der Waals surface area contributed by atoms with Crippen molar-refractivity contribution < 1.29 is 9.59 Å². The molecule has 0 radical (unpaired) electrons. The van der Waals surface area contributed by atoms with E-state index in [9.17, 15) is 9.59 Å². The first-order valence-corrected chi connectivity index (χ1v) is 11.4. The highest BCUT2D eigenvalue weighted by molar-refractivity contribution is 7.14. The van der Waals surface area contributed by atoms with Crippen molar-refractivity contribution in [3.05, 3.63) is 45.9 Å². The third kappa shape index (κ3) is 5.48. The number of urea groups is 1. The second-order valence-corrected chi connectivity index (χ2v) is 8.97. The maximum absolute atomic E-state index is 13.0. The first kappa shape index (κ1) is 20.2. The second-order valence-electron chi connectivity index (χ2n) is 7.69. The monoisotopic (exact) mass is 432 g/mol. The summed E-state index contributed by atoms with van der Waals surface area (Å²) in [6.45, 7) is 2.89. The molecular formula is C21H25ClN4O2S. The van der Waals surface area contributed by atoms with Gasteiger partial charge >= 0.3 is 6.03 Å². The van der Waals surface area contributed by atoms with Gasteiger partial charge in [0.1, 0.15) is 0 Å². The van der Waals surface area contributed by atoms with Gasteiger partial charge < -0.3 is 10.2 Å². The molecule has 2 fully saturated rings. The number of anilines is 1. The summed E-state index contributed by atoms with van der Waals surface area (Å²) in [6, 6.07) is 7.69. The summed E-state index contributed by atoms with van der Waals surface area (Å²) < 4.78 is 0. The number of nitrogens with zero attached hydrogens (tertiary/aromatic N) is 3. The molecule has 29 heavy (non-hydrogen) atoms. The van der Waals surface area contributed by atoms with E-state index in [1.165, 1.54) is 29.7 Å². The van der Waals surface area contributed by atoms with Gasteiger partial charge in [-0.15, -0.1) is 11.3 Å². The quantitative estimate of drug-likeness (QED) is 0.691. The third-order valence-electron chi connectivity index (χ3n) is 5.29. The highest BCUT2D eigenvalue weighted by Crippen LogP contribution is 2.30. The van der Waals surface area contributed by atoms with E-state index < -0.39 is 0 Å². The third-order valence-corrected chi connectivity index (χ3v) is 6.46. The number of rotatable bonds is 8. The number of thiazole rings is 1. The molecule has 6 nitrogen and oxygen atoms in total. The molecule has 1 N–H and O–H groups in total. The van der Waals surface area contributed by atoms with Gasteiger partial charge in [0.2, 0.25) is 5.91 Å². The Kier molecular flexibility index (Phi) is 6.35. The van der Waals surface area contributed by atoms with Crippen LogP contribution in [0.4, 0.5) is 9.93 Å². The Balaban J connectivity index is 1.37. The Hall–Kier alpha value is -2.12. The van der Waals surface area contributed by atoms with Gasteiger partial charge in [-0.2, -0.15) is 0 Å². The molecule has 0 atom stereocenters. The van der Waals surface area contributed by atoms with E-state index in [0.717, 1.165) is 30.1 Å². The van der Waals surface area contributed by atoms with Gasteiger partial charge in [-0.3, -0.25) is 9.69 Å². The number of hydrogen-bond donors (Lipinski definition) is 1. The van der Waals surface area contributed by atoms with E-state index in [2.05, 4.69) is 10.3 Å². The standard InChI is InChI=1S/C21H25ClN4O2S/c22-17-6-4-15(5-7-17)8-11-25(13-16-2-3-16)19(27)12-18-14-29-21(24-18)26-10-1-9-23-20(26)28/h4-7,14,16H,1-3,8-13H2,(H,23,28). The minimum atomic E-state index is -0.109. The average Bonchev–Trinajstić information content (AvgIpc) is 3.43. The van der Waals surface area contributed by atoms with Crippen LogP contribution in [0.15, 0.2) is 29.6 Å². The molecule has 8 heteroatoms. The largest absolute Gasteiger partial charge is 0.342 e. The molecule has 4 rings (SSSR count). The van der Waals surface area contributed by atoms with E-state index in [4.69, 9.17) is 11.6 Å². The summed E-state index contributed by atoms with van der Waals surface area (Å²) in [6.07, 6.45) is 4.40. The van der Waals surface area contributed by atoms with Crippen LogP contribution in [0, 0.1) is 5.92 Å². The Morgan fingerprint density at radius 2 is 2.10 bits per heavy atom. The molecule has 1 aliphatic heterocycles. The van der Waals surface area contributed by atoms with Gasteiger partial charge in [-0.05, 0) is 49.3 Å². The van der Waals surface area contributed by atoms with Crippen LogP contribution in [0.5, 0.6) is 0 Å². The fraction of sp³-hybridized carbons (Fsp3) is 0.476. The average molecular weight is 433 g/mol. The van der Waals surface area contributed by atoms with Gasteiger partial charge in [-0.25, -0.2) is 9.78 Å². The summed E-state index contributed by atoms with van der Waals surface area (Å²) in [4.78, 5) is 33.2. The first-order chi connectivity index (χ1) is 14.1. The van der Waals surface area contributed by atoms with Crippen LogP contribution >= 0.6 is 22.9 Å². The summed E-state index contributed by atoms with van der Waals surface area (Å²) in [5, 5.41) is 6.12. The topological polar surface area (TPSA) is 65.5 Å². The van der Waals surface area contributed by atoms with E-state index >= 15 is 0 Å². The maximum Gasteiger partial charge on any atom is 0.323 e. The highest BCUT2D eigenvalue weighted by atomic mass is 35.5. The van der Waals surface area contributed by atoms with E-state index in [-0.39, 0.29) is 18.4 Å². The first-order valence-electron chi connectivity index (χ1n) is 10.1. The predicted octanol–water partition coefficient (Wildman–Crippen LogP) is 3.74. The summed E-state index contributed by atoms with van der Waals surface area (Å²) >= 11 is 7.38. The smallest absolute Gasteiger partial charge is 0.323 e. The van der Waals surface area contributed by atoms with Crippen LogP contribution in [0.3, 0.4) is 0 Å². The number of benzene rings is 1. The Labute approximate surface area is 179 Å². The fourth-order valence-corrected chi connectivity index (χ4v) is 4.40. The lowest BCUT2D eigenvalue weighted by Gasteiger charge is -2.25. The molecule has 2 heterocycles. The predicted molar refractivity (Wildman–Crippen MR) is 116 cm³/mol. The van der Waals surface area contributed by atoms with Crippen molar-refractivity contribution >= 4 is 40.0 Å². The minimum Gasteiger partial charge on any atom is -0.342 e. The van der Waals surface area contributed by atoms with Crippen molar-refractivity contribution in [3.63, 3.8) is 0 Å². The van der Waals surface area contributed by atoms with Crippen molar-refractivity contribution in [1.29, 1.82) is 0 Å². The molecule has 3 amide bonds. The number of aromatic nitrogens is 1. The highest BCUT2D eigenvalue weighted by Gasteiger charge is 2.27. The normalized spacial score (nSPS) is 16.6. The zero-order valence-corrected chi connectivity index (χ0v) is 17.8. The molecule has 1 aliphatic carbocycles. The van der Waals surface area contributed by atoms with Gasteiger partial charge in [-0.1, -0.05) is 23.7 Å². The van der Waals surface area contributed by atoms with Crippen molar-refractivity contribution in [2.45, 2.75) is 32.1 Å². The lowest BCUT2D eigenvalue weighted by atomic mass is 10.1. The van der Waals surface area contributed by atoms with Crippen molar-refractivity contribution in [2.24, 2.45) is 5.92 Å². The Morgan fingerprint density at radius 1 is 1.31 bits per heavy atom. The molecule has 0 spiro atoms. The van der Waals surface area contributed by atoms with Crippen molar-refractivity contribution in [3.8, 4) is 0 Å². The van der Waals surface area contributed by atoms with E-state index in [1.807, 2.05) is 34.5 Å². The van der Waals surface area contributed by atoms with Crippen LogP contribution in [0.2, 0.25) is 5.02 Å². The minimum absolute atomic E-state index is 0.103. The Morgan fingerprint density at radius 3 is 2.83 bits per heavy atom. The number of amides is 3. The molecule has 1 saturated carbocycles. The van der Waals surface area contributed by atoms with E-state index in [1.54, 1.807) is 4.90 Å². The van der Waals surface area contributed by atoms with Crippen LogP contribution in [0.1, 0.15) is 30.5 Å². The lowest BCUT2D eigenvalue weighted by molar-refractivity contribution is -0.130. The number of nitrogens with one attached hydrogen (secondary N) is 1. The van der Waals surface area contributed by atoms with Crippen molar-refractivity contribution in [1.82, 2.24) is 15.2 Å². The number of hydrogen-bond acceptors (Lipinski definition) is 4. The SMILES string of the molecule is O=C(Cc1csc(N2CCCNC2=O)n1)N(CCc1ccc(Cl)cc1)CC1CC1. The van der Waals surface area contributed by atoms with Crippen LogP contribution < -0.4 is 10.2 Å². The van der Waals surface area contributed by atoms with Crippen LogP contribution in [0.25, 0.3) is 0 Å². The van der Waals surface area contributed by atoms with Crippen LogP contribution in [-0.4, -0.2) is 48.0 Å². The summed E-state index contributed by atoms with van der Waals surface area (Å²) in [7, 11) is 0. The number of carbonyl (C=O) groups is 2. The molecule has 2 aliphatic rings. The van der Waals surface area contributed by atoms with Gasteiger partial charge in [0.15, 0.2) is 5.13 Å². The van der Waals surface area contributed by atoms with Crippen molar-refractivity contribution in [2.75, 3.05) is 31.1 Å². The molecule has 2 aromatic rings. The van der Waals surface area contributed by atoms with Gasteiger partial charge in [0.25, 0.3) is 0 Å². The summed E-state index contributed by atoms with van der Waals surface area (Å²) in [5.41, 5.74) is 1.91. The van der Waals surface area contributed by atoms with Gasteiger partial charge in [0.05, 0.1) is 12.1 Å². The molecule has 0 unspecified atom stereocenters. The second kappa shape index (κ2) is 9.13. The molecule has 1 aromatic heterocycles. The molecule has 154 valence electrons.